The Hall–Kier alpha value is -11.2. The van der Waals surface area contributed by atoms with Crippen LogP contribution in [0.4, 0.5) is 0 Å². The van der Waals surface area contributed by atoms with E-state index in [0.29, 0.717) is 86.3 Å². The van der Waals surface area contributed by atoms with Crippen molar-refractivity contribution in [3.05, 3.63) is 200 Å². The van der Waals surface area contributed by atoms with Crippen molar-refractivity contribution in [2.45, 2.75) is 110 Å². The van der Waals surface area contributed by atoms with Crippen LogP contribution in [0.25, 0.3) is 66.5 Å². The summed E-state index contributed by atoms with van der Waals surface area (Å²) in [5.74, 6) is 3.60. The second-order valence-electron chi connectivity index (χ2n) is 25.3. The van der Waals surface area contributed by atoms with Gasteiger partial charge in [-0.25, -0.2) is 29.3 Å². The fourth-order valence-corrected chi connectivity index (χ4v) is 11.2. The topological polar surface area (TPSA) is 302 Å². The lowest BCUT2D eigenvalue weighted by Crippen LogP contribution is -2.22. The van der Waals surface area contributed by atoms with Gasteiger partial charge in [0.2, 0.25) is 17.6 Å². The summed E-state index contributed by atoms with van der Waals surface area (Å²) in [5, 5.41) is 43.6. The normalized spacial score (nSPS) is 11.0. The summed E-state index contributed by atoms with van der Waals surface area (Å²) in [7, 11) is -2.22. The van der Waals surface area contributed by atoms with E-state index >= 15 is 0 Å². The van der Waals surface area contributed by atoms with Crippen LogP contribution in [0.15, 0.2) is 183 Å². The van der Waals surface area contributed by atoms with Gasteiger partial charge in [-0.3, -0.25) is 19.9 Å². The molecule has 22 nitrogen and oxygen atoms in total. The highest BCUT2D eigenvalue weighted by atomic mass is 28.3. The molecule has 0 aliphatic carbocycles. The number of aromatic amines is 1. The molecule has 3 aromatic carbocycles. The number of benzene rings is 3. The van der Waals surface area contributed by atoms with Gasteiger partial charge in [-0.1, -0.05) is 57.5 Å². The molecule has 9 aromatic heterocycles. The number of rotatable bonds is 27. The van der Waals surface area contributed by atoms with E-state index < -0.39 is 16.1 Å². The highest BCUT2D eigenvalue weighted by Crippen LogP contribution is 2.30. The van der Waals surface area contributed by atoms with Gasteiger partial charge in [0, 0.05) is 163 Å². The summed E-state index contributed by atoms with van der Waals surface area (Å²) < 4.78 is 33.2. The van der Waals surface area contributed by atoms with E-state index in [9.17, 15) is 4.79 Å². The molecule has 0 bridgehead atoms. The smallest absolute Gasteiger partial charge is 0.219 e. The molecule has 0 atom stereocenters. The van der Waals surface area contributed by atoms with E-state index in [0.717, 1.165) is 129 Å². The Morgan fingerprint density at radius 2 is 0.970 bits per heavy atom. The molecule has 12 aromatic rings. The Labute approximate surface area is 579 Å². The molecule has 0 unspecified atom stereocenters. The van der Waals surface area contributed by atoms with Crippen LogP contribution in [0, 0.1) is 34.0 Å². The highest BCUT2D eigenvalue weighted by molar-refractivity contribution is 6.76. The number of nitrogens with two attached hydrogens (primary N) is 1. The second-order valence-corrected chi connectivity index (χ2v) is 36.5. The number of fused-ring (bicyclic) bond motifs is 3. The number of H-pyrrole nitrogens is 1. The molecule has 0 amide bonds. The number of ether oxygens (including phenoxy) is 5. The largest absolute Gasteiger partial charge is 0.439 e. The molecule has 0 aliphatic rings. The maximum absolute atomic E-state index is 10.9. The lowest BCUT2D eigenvalue weighted by atomic mass is 10.1. The third kappa shape index (κ3) is 22.7. The minimum Gasteiger partial charge on any atom is -0.439 e. The number of pyridine rings is 6. The van der Waals surface area contributed by atoms with Crippen LogP contribution in [-0.4, -0.2) is 102 Å². The summed E-state index contributed by atoms with van der Waals surface area (Å²) in [6.07, 6.45) is 16.3. The number of nitrogens with one attached hydrogen (secondary N) is 1. The number of unbranched alkanes of at least 4 members (excludes halogenated alkanes) is 2. The molecule has 12 rings (SSSR count). The van der Waals surface area contributed by atoms with Gasteiger partial charge in [-0.2, -0.15) is 31.1 Å². The first-order valence-electron chi connectivity index (χ1n) is 32.6. The van der Waals surface area contributed by atoms with Crippen molar-refractivity contribution in [3.8, 4) is 86.9 Å². The van der Waals surface area contributed by atoms with Gasteiger partial charge in [0.15, 0.2) is 6.29 Å². The fraction of sp³-hybridized carbons (Fsp3) is 0.267. The lowest BCUT2D eigenvalue weighted by Gasteiger charge is -2.16. The van der Waals surface area contributed by atoms with Crippen LogP contribution in [0.1, 0.15) is 55.4 Å². The molecule has 506 valence electrons. The zero-order chi connectivity index (χ0) is 69.8. The van der Waals surface area contributed by atoms with Crippen LogP contribution in [0.5, 0.6) is 34.9 Å². The number of hydrogen-bond acceptors (Lipinski definition) is 19. The van der Waals surface area contributed by atoms with E-state index in [1.165, 1.54) is 0 Å². The standard InChI is InChI=1S/C28H33N5O2Si.C24H26N4O3Si.C20H15N5O.C3H6N2.H2/c1-36(2,3)18-17-34-21-33-27(14-16-31-33)23-9-13-28(30-20-23)35-25-11-12-26-22(19-25)8-10-24(32-26)7-5-4-6-15-29;1-32(2,3)13-12-30-17-28-23(10-11-26-28)19-5-9-24(25-15-19)31-21-7-8-22-18(14-21)4-6-20(16-29)27-22;21-10-1-2-16-5-3-14-12-17(6-7-18(14)24-16)26-20-8-4-15(13-22-20)19-9-11-23-25-19;4-2-1-3-5;/h8-14,16,19-20H,4-7,17-18,21H2,1-3H3;4-11,14-16H,12-13,17H2,1-3H3;3-9,11-13H,1-2H2,(H,23,25);1-2,4H2;1H/i;;;;1+1. The fourth-order valence-electron chi connectivity index (χ4n) is 9.69. The third-order valence-electron chi connectivity index (χ3n) is 15.1. The number of hydrogen-bond donors (Lipinski definition) is 2. The van der Waals surface area contributed by atoms with E-state index in [2.05, 4.69) is 103 Å². The predicted octanol–water partition coefficient (Wildman–Crippen LogP) is 16.6. The predicted molar refractivity (Wildman–Crippen MR) is 390 cm³/mol. The van der Waals surface area contributed by atoms with Gasteiger partial charge in [-0.05, 0) is 141 Å². The Morgan fingerprint density at radius 1 is 0.505 bits per heavy atom. The molecule has 0 saturated carbocycles. The van der Waals surface area contributed by atoms with Crippen molar-refractivity contribution < 1.29 is 29.9 Å². The minimum absolute atomic E-state index is 0. The molecule has 0 aliphatic heterocycles. The molecular weight excluding hydrogens is 1280 g/mol. The minimum atomic E-state index is -1.11. The van der Waals surface area contributed by atoms with Gasteiger partial charge in [0.05, 0.1) is 51.8 Å². The van der Waals surface area contributed by atoms with Crippen molar-refractivity contribution in [1.29, 1.82) is 15.8 Å². The first-order valence-corrected chi connectivity index (χ1v) is 40.0. The first kappa shape index (κ1) is 72.1. The van der Waals surface area contributed by atoms with Crippen molar-refractivity contribution >= 4 is 55.1 Å². The van der Waals surface area contributed by atoms with Crippen molar-refractivity contribution in [2.24, 2.45) is 5.73 Å². The number of nitrogens with zero attached hydrogens (tertiary/aromatic N) is 14. The van der Waals surface area contributed by atoms with Crippen molar-refractivity contribution in [1.82, 2.24) is 59.7 Å². The summed E-state index contributed by atoms with van der Waals surface area (Å²) >= 11 is 0. The van der Waals surface area contributed by atoms with Crippen LogP contribution in [-0.2, 0) is 35.8 Å². The van der Waals surface area contributed by atoms with E-state index in [1.807, 2.05) is 149 Å². The average molecular weight is 1360 g/mol. The monoisotopic (exact) mass is 1360 g/mol. The average Bonchev–Trinajstić information content (AvgIpc) is 1.31. The van der Waals surface area contributed by atoms with Crippen molar-refractivity contribution in [2.75, 3.05) is 19.8 Å². The van der Waals surface area contributed by atoms with Crippen LogP contribution in [0.2, 0.25) is 51.4 Å². The van der Waals surface area contributed by atoms with E-state index in [4.69, 9.17) is 50.2 Å². The third-order valence-corrected chi connectivity index (χ3v) is 18.5. The molecule has 3 N–H and O–H groups in total. The molecular formula is C75H82N16O6Si2. The van der Waals surface area contributed by atoms with Gasteiger partial charge in [-0.15, -0.1) is 0 Å². The summed E-state index contributed by atoms with van der Waals surface area (Å²) in [4.78, 5) is 37.8. The lowest BCUT2D eigenvalue weighted by molar-refractivity contribution is 0.0797. The molecule has 0 radical (unpaired) electrons. The van der Waals surface area contributed by atoms with Gasteiger partial charge >= 0.3 is 0 Å². The number of carbonyl (C=O) groups excluding carboxylic acids is 1. The number of nitriles is 3. The number of carbonyl (C=O) groups is 1. The molecule has 0 saturated heterocycles. The Balaban J connectivity index is 0.000000185. The summed E-state index contributed by atoms with van der Waals surface area (Å²) in [6.45, 7) is 16.9. The zero-order valence-electron chi connectivity index (χ0n) is 56.6. The number of aromatic nitrogens is 12. The Bertz CT molecular complexity index is 4680. The molecule has 0 spiro atoms. The molecule has 0 fully saturated rings. The molecule has 24 heteroatoms. The summed E-state index contributed by atoms with van der Waals surface area (Å²) in [5.41, 5.74) is 15.5. The van der Waals surface area contributed by atoms with Crippen LogP contribution < -0.4 is 19.9 Å². The number of aldehydes is 1. The molecule has 99 heavy (non-hydrogen) atoms. The van der Waals surface area contributed by atoms with E-state index in [-0.39, 0.29) is 1.43 Å². The SMILES string of the molecule is C[Si](C)(C)CCOCn1nccc1-c1ccc(Oc2ccc3nc(C=O)ccc3c2)nc1.C[Si](C)(C)CCOCn1nccc1-c1ccc(Oc2ccc3nc(CCCCC#N)ccc3c2)nc1.N#CCCN.N#CCCc1ccc2cc(Oc3ccc(-c4ccn[nH]4)cn3)ccc2n1.[2HH]. The number of aryl methyl sites for hydroxylation is 2. The Morgan fingerprint density at radius 3 is 1.38 bits per heavy atom. The van der Waals surface area contributed by atoms with E-state index in [1.54, 1.807) is 43.2 Å². The van der Waals surface area contributed by atoms with Crippen molar-refractivity contribution in [3.63, 3.8) is 0 Å². The Kier molecular flexibility index (Phi) is 26.4. The second kappa shape index (κ2) is 36.2. The quantitative estimate of drug-likeness (QED) is 0.0274. The maximum Gasteiger partial charge on any atom is 0.219 e. The highest BCUT2D eigenvalue weighted by Gasteiger charge is 2.16. The summed E-state index contributed by atoms with van der Waals surface area (Å²) in [6, 6.07) is 54.3. The maximum atomic E-state index is 10.9. The van der Waals surface area contributed by atoms with Gasteiger partial charge in [0.1, 0.15) is 36.4 Å². The van der Waals surface area contributed by atoms with Gasteiger partial charge < -0.3 is 29.4 Å². The van der Waals surface area contributed by atoms with Crippen LogP contribution in [0.3, 0.4) is 0 Å². The van der Waals surface area contributed by atoms with Crippen LogP contribution >= 0.6 is 0 Å². The van der Waals surface area contributed by atoms with Gasteiger partial charge in [0.25, 0.3) is 0 Å². The zero-order valence-corrected chi connectivity index (χ0v) is 58.6. The first-order chi connectivity index (χ1) is 48.0. The molecule has 9 heterocycles.